The Morgan fingerprint density at radius 3 is 2.56 bits per heavy atom. The molecule has 1 aliphatic rings. The molecule has 3 aromatic rings. The molecular weight excluding hydrogens is 385 g/mol. The zero-order valence-electron chi connectivity index (χ0n) is 12.8. The summed E-state index contributed by atoms with van der Waals surface area (Å²) < 4.78 is 29.1. The predicted molar refractivity (Wildman–Crippen MR) is 97.6 cm³/mol. The Morgan fingerprint density at radius 1 is 1.08 bits per heavy atom. The average molecular weight is 397 g/mol. The van der Waals surface area contributed by atoms with Crippen molar-refractivity contribution in [3.8, 4) is 11.3 Å². The van der Waals surface area contributed by atoms with Crippen molar-refractivity contribution in [2.45, 2.75) is 18.9 Å². The molecule has 0 N–H and O–H groups in total. The number of aromatic nitrogens is 1. The van der Waals surface area contributed by atoms with Crippen LogP contribution in [0, 0.1) is 11.6 Å². The number of thiazole rings is 1. The van der Waals surface area contributed by atoms with E-state index in [0.717, 1.165) is 30.2 Å². The molecule has 0 aliphatic heterocycles. The lowest BCUT2D eigenvalue weighted by Crippen LogP contribution is -2.14. The standard InChI is InChI=1S/C18H12Cl2F2N2S/c19-10-1-5-13(14(20)7-10)17-9-25-18(24(17)12-3-4-12)23-16-6-2-11(21)8-15(16)22/h1-2,5-9,12H,3-4H2. The van der Waals surface area contributed by atoms with Gasteiger partial charge in [0.25, 0.3) is 0 Å². The van der Waals surface area contributed by atoms with E-state index in [1.54, 1.807) is 12.1 Å². The number of nitrogens with zero attached hydrogens (tertiary/aromatic N) is 2. The zero-order valence-corrected chi connectivity index (χ0v) is 15.2. The molecule has 1 aromatic heterocycles. The molecule has 1 saturated carbocycles. The Labute approximate surface area is 157 Å². The van der Waals surface area contributed by atoms with Crippen molar-refractivity contribution in [3.63, 3.8) is 0 Å². The van der Waals surface area contributed by atoms with Gasteiger partial charge in [-0.1, -0.05) is 23.2 Å². The van der Waals surface area contributed by atoms with Gasteiger partial charge in [-0.25, -0.2) is 13.8 Å². The zero-order chi connectivity index (χ0) is 17.6. The highest BCUT2D eigenvalue weighted by atomic mass is 35.5. The second-order valence-electron chi connectivity index (χ2n) is 5.84. The lowest BCUT2D eigenvalue weighted by molar-refractivity contribution is 0.584. The summed E-state index contributed by atoms with van der Waals surface area (Å²) in [5.41, 5.74) is 1.90. The van der Waals surface area contributed by atoms with Crippen LogP contribution in [0.5, 0.6) is 0 Å². The van der Waals surface area contributed by atoms with Crippen LogP contribution in [-0.4, -0.2) is 4.57 Å². The largest absolute Gasteiger partial charge is 0.313 e. The van der Waals surface area contributed by atoms with Gasteiger partial charge in [0.15, 0.2) is 10.6 Å². The van der Waals surface area contributed by atoms with Crippen molar-refractivity contribution in [2.75, 3.05) is 0 Å². The molecule has 4 rings (SSSR count). The van der Waals surface area contributed by atoms with Crippen LogP contribution in [0.25, 0.3) is 11.3 Å². The lowest BCUT2D eigenvalue weighted by Gasteiger charge is -2.09. The summed E-state index contributed by atoms with van der Waals surface area (Å²) in [6, 6.07) is 9.05. The molecule has 0 unspecified atom stereocenters. The summed E-state index contributed by atoms with van der Waals surface area (Å²) in [5.74, 6) is -1.30. The highest BCUT2D eigenvalue weighted by Crippen LogP contribution is 2.40. The summed E-state index contributed by atoms with van der Waals surface area (Å²) in [6.07, 6.45) is 2.07. The van der Waals surface area contributed by atoms with E-state index in [2.05, 4.69) is 9.56 Å². The van der Waals surface area contributed by atoms with Crippen LogP contribution in [0.2, 0.25) is 10.0 Å². The topological polar surface area (TPSA) is 17.3 Å². The van der Waals surface area contributed by atoms with Crippen molar-refractivity contribution in [1.29, 1.82) is 0 Å². The molecule has 2 aromatic carbocycles. The minimum Gasteiger partial charge on any atom is -0.313 e. The quantitative estimate of drug-likeness (QED) is 0.489. The molecule has 1 aliphatic carbocycles. The first-order valence-corrected chi connectivity index (χ1v) is 9.32. The van der Waals surface area contributed by atoms with E-state index in [9.17, 15) is 8.78 Å². The van der Waals surface area contributed by atoms with Crippen LogP contribution in [0.3, 0.4) is 0 Å². The third-order valence-electron chi connectivity index (χ3n) is 3.99. The van der Waals surface area contributed by atoms with Gasteiger partial charge in [-0.2, -0.15) is 0 Å². The van der Waals surface area contributed by atoms with Crippen LogP contribution in [0.1, 0.15) is 18.9 Å². The van der Waals surface area contributed by atoms with Gasteiger partial charge in [-0.05, 0) is 43.2 Å². The monoisotopic (exact) mass is 396 g/mol. The summed E-state index contributed by atoms with van der Waals surface area (Å²) in [7, 11) is 0. The maximum atomic E-state index is 13.9. The number of hydrogen-bond acceptors (Lipinski definition) is 2. The normalized spacial score (nSPS) is 15.0. The first kappa shape index (κ1) is 16.8. The Bertz CT molecular complexity index is 1020. The SMILES string of the molecule is Fc1ccc(N=c2scc(-c3ccc(Cl)cc3Cl)n2C2CC2)c(F)c1. The highest BCUT2D eigenvalue weighted by Gasteiger charge is 2.28. The molecule has 0 spiro atoms. The van der Waals surface area contributed by atoms with Gasteiger partial charge in [0.1, 0.15) is 11.5 Å². The minimum absolute atomic E-state index is 0.117. The van der Waals surface area contributed by atoms with Crippen LogP contribution in [0.15, 0.2) is 46.8 Å². The molecule has 0 bridgehead atoms. The second kappa shape index (κ2) is 6.56. The van der Waals surface area contributed by atoms with E-state index in [1.807, 2.05) is 11.4 Å². The molecule has 0 radical (unpaired) electrons. The van der Waals surface area contributed by atoms with E-state index < -0.39 is 11.6 Å². The third kappa shape index (κ3) is 3.36. The molecule has 128 valence electrons. The smallest absolute Gasteiger partial charge is 0.190 e. The highest BCUT2D eigenvalue weighted by molar-refractivity contribution is 7.07. The molecule has 0 saturated heterocycles. The Kier molecular flexibility index (Phi) is 4.40. The molecule has 1 fully saturated rings. The molecular formula is C18H12Cl2F2N2S. The van der Waals surface area contributed by atoms with Gasteiger partial charge in [-0.15, -0.1) is 11.3 Å². The van der Waals surface area contributed by atoms with E-state index in [-0.39, 0.29) is 5.69 Å². The van der Waals surface area contributed by atoms with E-state index in [0.29, 0.717) is 20.9 Å². The van der Waals surface area contributed by atoms with Crippen LogP contribution in [0.4, 0.5) is 14.5 Å². The molecule has 0 amide bonds. The van der Waals surface area contributed by atoms with Gasteiger partial charge in [0.05, 0.1) is 10.7 Å². The van der Waals surface area contributed by atoms with E-state index in [4.69, 9.17) is 23.2 Å². The first-order chi connectivity index (χ1) is 12.0. The summed E-state index contributed by atoms with van der Waals surface area (Å²) in [4.78, 5) is 5.07. The number of halogens is 4. The fourth-order valence-electron chi connectivity index (χ4n) is 2.66. The summed E-state index contributed by atoms with van der Waals surface area (Å²) in [5, 5.41) is 3.08. The van der Waals surface area contributed by atoms with Gasteiger partial charge >= 0.3 is 0 Å². The van der Waals surface area contributed by atoms with E-state index >= 15 is 0 Å². The molecule has 0 atom stereocenters. The fraction of sp³-hybridized carbons (Fsp3) is 0.167. The van der Waals surface area contributed by atoms with Gasteiger partial charge < -0.3 is 4.57 Å². The average Bonchev–Trinajstić information content (AvgIpc) is 3.31. The van der Waals surface area contributed by atoms with Crippen molar-refractivity contribution < 1.29 is 8.78 Å². The van der Waals surface area contributed by atoms with Crippen molar-refractivity contribution in [2.24, 2.45) is 4.99 Å². The fourth-order valence-corrected chi connectivity index (χ4v) is 4.13. The minimum atomic E-state index is -0.679. The molecule has 25 heavy (non-hydrogen) atoms. The predicted octanol–water partition coefficient (Wildman–Crippen LogP) is 6.37. The van der Waals surface area contributed by atoms with Crippen molar-refractivity contribution >= 4 is 40.2 Å². The summed E-state index contributed by atoms with van der Waals surface area (Å²) in [6.45, 7) is 0. The van der Waals surface area contributed by atoms with Gasteiger partial charge in [0, 0.05) is 28.1 Å². The third-order valence-corrected chi connectivity index (χ3v) is 5.37. The van der Waals surface area contributed by atoms with Crippen LogP contribution >= 0.6 is 34.5 Å². The molecule has 7 heteroatoms. The van der Waals surface area contributed by atoms with E-state index in [1.165, 1.54) is 23.5 Å². The van der Waals surface area contributed by atoms with Gasteiger partial charge in [0.2, 0.25) is 0 Å². The number of benzene rings is 2. The molecule has 1 heterocycles. The maximum Gasteiger partial charge on any atom is 0.190 e. The lowest BCUT2D eigenvalue weighted by atomic mass is 10.1. The molecule has 2 nitrogen and oxygen atoms in total. The second-order valence-corrected chi connectivity index (χ2v) is 7.52. The Morgan fingerprint density at radius 2 is 1.88 bits per heavy atom. The number of rotatable bonds is 3. The van der Waals surface area contributed by atoms with Crippen LogP contribution < -0.4 is 4.80 Å². The van der Waals surface area contributed by atoms with Crippen molar-refractivity contribution in [3.05, 3.63) is 68.3 Å². The maximum absolute atomic E-state index is 13.9. The van der Waals surface area contributed by atoms with Gasteiger partial charge in [-0.3, -0.25) is 0 Å². The Hall–Kier alpha value is -1.69. The Balaban J connectivity index is 1.88. The van der Waals surface area contributed by atoms with Crippen molar-refractivity contribution in [1.82, 2.24) is 4.57 Å². The number of hydrogen-bond donors (Lipinski definition) is 0. The summed E-state index contributed by atoms with van der Waals surface area (Å²) >= 11 is 13.7. The van der Waals surface area contributed by atoms with Crippen LogP contribution in [-0.2, 0) is 0 Å². The first-order valence-electron chi connectivity index (χ1n) is 7.68.